The fourth-order valence-corrected chi connectivity index (χ4v) is 5.94. The van der Waals surface area contributed by atoms with Gasteiger partial charge in [0.05, 0.1) is 5.56 Å². The van der Waals surface area contributed by atoms with Crippen LogP contribution in [0.5, 0.6) is 0 Å². The molecule has 2 N–H and O–H groups in total. The Morgan fingerprint density at radius 2 is 1.86 bits per heavy atom. The molecule has 8 atom stereocenters. The average molecular weight is 403 g/mol. The SMILES string of the molecule is C[C@@H]1CC[C@H]2[C@@H](C)C(Nc3ccc(C(=O)O)cc3)O[C@@H]3O[C@@]4(C)CC[C@@H]1[C@]32OO4. The van der Waals surface area contributed by atoms with E-state index >= 15 is 0 Å². The largest absolute Gasteiger partial charge is 0.478 e. The summed E-state index contributed by atoms with van der Waals surface area (Å²) in [6.45, 7) is 6.41. The fraction of sp³-hybridized carbons (Fsp3) is 0.682. The number of nitrogens with one attached hydrogen (secondary N) is 1. The van der Waals surface area contributed by atoms with Crippen LogP contribution in [0, 0.1) is 23.7 Å². The topological polar surface area (TPSA) is 86.3 Å². The van der Waals surface area contributed by atoms with Crippen LogP contribution in [0.4, 0.5) is 5.69 Å². The first-order valence-corrected chi connectivity index (χ1v) is 10.6. The standard InChI is InChI=1S/C22H29NO6/c1-12-4-9-17-13(2)18(23-15-7-5-14(6-8-15)19(24)25)26-20-22(17)16(12)10-11-21(3,27-20)28-29-22/h5-8,12-13,16-18,20,23H,4,9-11H2,1-3H3,(H,24,25)/t12-,13-,16+,17+,18?,20-,21-,22-/m1/s1. The number of anilines is 1. The van der Waals surface area contributed by atoms with Crippen LogP contribution in [0.15, 0.2) is 24.3 Å². The van der Waals surface area contributed by atoms with Crippen molar-refractivity contribution in [2.75, 3.05) is 5.32 Å². The number of rotatable bonds is 3. The third kappa shape index (κ3) is 2.90. The van der Waals surface area contributed by atoms with E-state index < -0.39 is 23.6 Å². The summed E-state index contributed by atoms with van der Waals surface area (Å²) < 4.78 is 12.8. The Labute approximate surface area is 170 Å². The lowest BCUT2D eigenvalue weighted by Gasteiger charge is -2.60. The van der Waals surface area contributed by atoms with Gasteiger partial charge in [0, 0.05) is 23.9 Å². The molecule has 5 fully saturated rings. The highest BCUT2D eigenvalue weighted by Crippen LogP contribution is 2.60. The molecule has 4 aliphatic heterocycles. The van der Waals surface area contributed by atoms with Crippen LogP contribution in [-0.2, 0) is 19.2 Å². The van der Waals surface area contributed by atoms with E-state index in [-0.39, 0.29) is 23.6 Å². The van der Waals surface area contributed by atoms with Crippen molar-refractivity contribution in [3.8, 4) is 0 Å². The van der Waals surface area contributed by atoms with Crippen LogP contribution in [0.25, 0.3) is 0 Å². The van der Waals surface area contributed by atoms with Gasteiger partial charge >= 0.3 is 5.97 Å². The normalized spacial score (nSPS) is 45.9. The maximum atomic E-state index is 11.1. The van der Waals surface area contributed by atoms with Gasteiger partial charge in [-0.05, 0) is 62.3 Å². The molecule has 1 aliphatic carbocycles. The number of fused-ring (bicyclic) bond motifs is 2. The van der Waals surface area contributed by atoms with E-state index in [1.54, 1.807) is 24.3 Å². The third-order valence-electron chi connectivity index (χ3n) is 7.60. The van der Waals surface area contributed by atoms with Crippen molar-refractivity contribution in [3.63, 3.8) is 0 Å². The first-order chi connectivity index (χ1) is 13.8. The van der Waals surface area contributed by atoms with E-state index in [1.807, 2.05) is 6.92 Å². The van der Waals surface area contributed by atoms with E-state index in [0.29, 0.717) is 11.8 Å². The van der Waals surface area contributed by atoms with Gasteiger partial charge in [0.1, 0.15) is 6.23 Å². The minimum atomic E-state index is -0.934. The number of hydrogen-bond donors (Lipinski definition) is 2. The first kappa shape index (κ1) is 19.3. The maximum Gasteiger partial charge on any atom is 0.335 e. The molecule has 4 heterocycles. The molecule has 0 radical (unpaired) electrons. The van der Waals surface area contributed by atoms with Gasteiger partial charge in [0.25, 0.3) is 0 Å². The van der Waals surface area contributed by atoms with Crippen molar-refractivity contribution in [1.82, 2.24) is 0 Å². The van der Waals surface area contributed by atoms with E-state index in [4.69, 9.17) is 24.4 Å². The van der Waals surface area contributed by atoms with Crippen LogP contribution in [-0.4, -0.2) is 35.0 Å². The molecule has 7 nitrogen and oxygen atoms in total. The number of carboxylic acid groups (broad SMARTS) is 1. The van der Waals surface area contributed by atoms with Gasteiger partial charge in [-0.25, -0.2) is 14.6 Å². The second kappa shape index (κ2) is 6.67. The molecule has 158 valence electrons. The second-order valence-electron chi connectivity index (χ2n) is 9.35. The third-order valence-corrected chi connectivity index (χ3v) is 7.60. The zero-order chi connectivity index (χ0) is 20.4. The van der Waals surface area contributed by atoms with E-state index in [2.05, 4.69) is 19.2 Å². The van der Waals surface area contributed by atoms with E-state index in [0.717, 1.165) is 31.4 Å². The second-order valence-corrected chi connectivity index (χ2v) is 9.35. The van der Waals surface area contributed by atoms with Crippen molar-refractivity contribution >= 4 is 11.7 Å². The van der Waals surface area contributed by atoms with Crippen molar-refractivity contribution in [3.05, 3.63) is 29.8 Å². The van der Waals surface area contributed by atoms with Crippen molar-refractivity contribution in [2.24, 2.45) is 23.7 Å². The summed E-state index contributed by atoms with van der Waals surface area (Å²) in [6, 6.07) is 6.74. The molecule has 1 saturated carbocycles. The summed E-state index contributed by atoms with van der Waals surface area (Å²) in [5.74, 6) is -0.419. The summed E-state index contributed by atoms with van der Waals surface area (Å²) in [6.07, 6.45) is 3.25. The molecule has 1 spiro atoms. The Hall–Kier alpha value is -1.67. The average Bonchev–Trinajstić information content (AvgIpc) is 2.92. The van der Waals surface area contributed by atoms with Crippen LogP contribution < -0.4 is 5.32 Å². The lowest BCUT2D eigenvalue weighted by Crippen LogP contribution is -2.71. The Kier molecular flexibility index (Phi) is 4.44. The molecule has 2 bridgehead atoms. The number of hydrogen-bond acceptors (Lipinski definition) is 6. The predicted octanol–water partition coefficient (Wildman–Crippen LogP) is 4.00. The molecule has 6 rings (SSSR count). The van der Waals surface area contributed by atoms with Gasteiger partial charge in [-0.1, -0.05) is 13.8 Å². The molecule has 1 aromatic carbocycles. The molecule has 5 aliphatic rings. The number of benzene rings is 1. The van der Waals surface area contributed by atoms with E-state index in [9.17, 15) is 4.79 Å². The molecular formula is C22H29NO6. The van der Waals surface area contributed by atoms with Crippen molar-refractivity contribution in [2.45, 2.75) is 70.4 Å². The Morgan fingerprint density at radius 3 is 2.59 bits per heavy atom. The number of carboxylic acids is 1. The summed E-state index contributed by atoms with van der Waals surface area (Å²) in [5, 5.41) is 12.6. The maximum absolute atomic E-state index is 11.1. The Balaban J connectivity index is 1.44. The van der Waals surface area contributed by atoms with Gasteiger partial charge in [-0.3, -0.25) is 0 Å². The molecule has 4 saturated heterocycles. The summed E-state index contributed by atoms with van der Waals surface area (Å²) >= 11 is 0. The number of ether oxygens (including phenoxy) is 2. The number of aromatic carboxylic acids is 1. The minimum absolute atomic E-state index is 0.176. The minimum Gasteiger partial charge on any atom is -0.478 e. The Morgan fingerprint density at radius 1 is 1.10 bits per heavy atom. The summed E-state index contributed by atoms with van der Waals surface area (Å²) in [7, 11) is 0. The zero-order valence-electron chi connectivity index (χ0n) is 17.1. The highest BCUT2D eigenvalue weighted by Gasteiger charge is 2.69. The van der Waals surface area contributed by atoms with Crippen LogP contribution in [0.1, 0.15) is 56.8 Å². The zero-order valence-corrected chi connectivity index (χ0v) is 17.1. The quantitative estimate of drug-likeness (QED) is 0.738. The van der Waals surface area contributed by atoms with Gasteiger partial charge in [-0.15, -0.1) is 0 Å². The molecule has 1 aromatic rings. The molecular weight excluding hydrogens is 374 g/mol. The highest BCUT2D eigenvalue weighted by molar-refractivity contribution is 5.88. The fourth-order valence-electron chi connectivity index (χ4n) is 5.94. The van der Waals surface area contributed by atoms with E-state index in [1.165, 1.54) is 0 Å². The van der Waals surface area contributed by atoms with Gasteiger partial charge in [-0.2, -0.15) is 0 Å². The smallest absolute Gasteiger partial charge is 0.335 e. The monoisotopic (exact) mass is 403 g/mol. The molecule has 1 unspecified atom stereocenters. The molecule has 0 amide bonds. The lowest BCUT2D eigenvalue weighted by molar-refractivity contribution is -0.570. The molecule has 29 heavy (non-hydrogen) atoms. The highest BCUT2D eigenvalue weighted by atomic mass is 17.3. The van der Waals surface area contributed by atoms with Gasteiger partial charge in [0.15, 0.2) is 11.9 Å². The first-order valence-electron chi connectivity index (χ1n) is 10.6. The van der Waals surface area contributed by atoms with Gasteiger partial charge in [0.2, 0.25) is 5.79 Å². The lowest BCUT2D eigenvalue weighted by atomic mass is 9.58. The van der Waals surface area contributed by atoms with Crippen LogP contribution in [0.2, 0.25) is 0 Å². The van der Waals surface area contributed by atoms with Crippen LogP contribution >= 0.6 is 0 Å². The molecule has 0 aromatic heterocycles. The van der Waals surface area contributed by atoms with Crippen LogP contribution in [0.3, 0.4) is 0 Å². The summed E-state index contributed by atoms with van der Waals surface area (Å²) in [5.41, 5.74) is 0.517. The van der Waals surface area contributed by atoms with Gasteiger partial charge < -0.3 is 19.9 Å². The number of carbonyl (C=O) groups is 1. The molecule has 7 heteroatoms. The predicted molar refractivity (Wildman–Crippen MR) is 104 cm³/mol. The van der Waals surface area contributed by atoms with Crippen molar-refractivity contribution < 1.29 is 29.1 Å². The van der Waals surface area contributed by atoms with Crippen molar-refractivity contribution in [1.29, 1.82) is 0 Å². The summed E-state index contributed by atoms with van der Waals surface area (Å²) in [4.78, 5) is 23.1. The Bertz CT molecular complexity index is 799.